The summed E-state index contributed by atoms with van der Waals surface area (Å²) in [5.74, 6) is -2.54. The van der Waals surface area contributed by atoms with Crippen molar-refractivity contribution < 1.29 is 45.8 Å². The Labute approximate surface area is 204 Å². The van der Waals surface area contributed by atoms with Gasteiger partial charge in [0.2, 0.25) is 11.8 Å². The molecular formula is C21H18F6N4O6. The maximum Gasteiger partial charge on any atom is 0.423 e. The zero-order chi connectivity index (χ0) is 28.3. The minimum atomic E-state index is -5.13. The van der Waals surface area contributed by atoms with Crippen LogP contribution in [-0.4, -0.2) is 28.2 Å². The van der Waals surface area contributed by atoms with Crippen molar-refractivity contribution in [3.8, 4) is 0 Å². The summed E-state index contributed by atoms with van der Waals surface area (Å²) < 4.78 is 79.5. The number of carbonyl (C=O) groups excluding carboxylic acids is 2. The largest absolute Gasteiger partial charge is 0.423 e. The standard InChI is InChI=1S/C21H18F6N4O6/c1-11(2)10-29(13-4-6-17(31(36)37)15(8-13)21(25,26)27)19(33)9-18(32)28-12-3-5-16(30(34)35)14(7-12)20(22,23)24/h3-8,11H,9-10H2,1-2H3,(H,28,32). The lowest BCUT2D eigenvalue weighted by Crippen LogP contribution is -2.36. The molecule has 37 heavy (non-hydrogen) atoms. The second-order valence-electron chi connectivity index (χ2n) is 8.07. The molecule has 2 rings (SSSR count). The smallest absolute Gasteiger partial charge is 0.326 e. The van der Waals surface area contributed by atoms with Crippen molar-refractivity contribution >= 4 is 34.6 Å². The molecule has 0 heterocycles. The first-order chi connectivity index (χ1) is 16.9. The van der Waals surface area contributed by atoms with E-state index in [1.54, 1.807) is 13.8 Å². The summed E-state index contributed by atoms with van der Waals surface area (Å²) >= 11 is 0. The van der Waals surface area contributed by atoms with Crippen LogP contribution in [0.3, 0.4) is 0 Å². The number of nitrogens with one attached hydrogen (secondary N) is 1. The topological polar surface area (TPSA) is 136 Å². The van der Waals surface area contributed by atoms with Gasteiger partial charge in [0, 0.05) is 30.1 Å². The maximum absolute atomic E-state index is 13.4. The summed E-state index contributed by atoms with van der Waals surface area (Å²) in [5, 5.41) is 23.8. The lowest BCUT2D eigenvalue weighted by atomic mass is 10.1. The van der Waals surface area contributed by atoms with Crippen molar-refractivity contribution in [3.05, 3.63) is 67.8 Å². The number of nitro groups is 2. The van der Waals surface area contributed by atoms with Gasteiger partial charge in [0.05, 0.1) is 9.85 Å². The van der Waals surface area contributed by atoms with Gasteiger partial charge in [-0.2, -0.15) is 26.3 Å². The normalized spacial score (nSPS) is 11.8. The minimum Gasteiger partial charge on any atom is -0.326 e. The quantitative estimate of drug-likeness (QED) is 0.203. The molecule has 0 atom stereocenters. The van der Waals surface area contributed by atoms with E-state index in [2.05, 4.69) is 0 Å². The second kappa shape index (κ2) is 10.8. The third-order valence-electron chi connectivity index (χ3n) is 4.74. The van der Waals surface area contributed by atoms with Gasteiger partial charge in [-0.1, -0.05) is 13.8 Å². The van der Waals surface area contributed by atoms with E-state index in [1.807, 2.05) is 5.32 Å². The summed E-state index contributed by atoms with van der Waals surface area (Å²) in [6.07, 6.45) is -11.3. The van der Waals surface area contributed by atoms with E-state index in [0.29, 0.717) is 24.3 Å². The van der Waals surface area contributed by atoms with Crippen LogP contribution in [0.25, 0.3) is 0 Å². The molecule has 16 heteroatoms. The summed E-state index contributed by atoms with van der Waals surface area (Å²) in [4.78, 5) is 45.3. The van der Waals surface area contributed by atoms with Gasteiger partial charge in [-0.05, 0) is 30.2 Å². The zero-order valence-electron chi connectivity index (χ0n) is 19.0. The number of anilines is 2. The lowest BCUT2D eigenvalue weighted by molar-refractivity contribution is -0.388. The van der Waals surface area contributed by atoms with Gasteiger partial charge in [-0.25, -0.2) is 0 Å². The zero-order valence-corrected chi connectivity index (χ0v) is 19.0. The van der Waals surface area contributed by atoms with E-state index in [0.717, 1.165) is 17.0 Å². The van der Waals surface area contributed by atoms with Crippen LogP contribution >= 0.6 is 0 Å². The molecule has 0 radical (unpaired) electrons. The van der Waals surface area contributed by atoms with Gasteiger partial charge in [0.1, 0.15) is 17.5 Å². The maximum atomic E-state index is 13.4. The molecule has 2 amide bonds. The van der Waals surface area contributed by atoms with Gasteiger partial charge < -0.3 is 10.2 Å². The van der Waals surface area contributed by atoms with E-state index in [4.69, 9.17) is 0 Å². The first kappa shape index (κ1) is 29.0. The van der Waals surface area contributed by atoms with Crippen LogP contribution in [0.15, 0.2) is 36.4 Å². The van der Waals surface area contributed by atoms with Gasteiger partial charge in [-0.3, -0.25) is 29.8 Å². The third-order valence-corrected chi connectivity index (χ3v) is 4.74. The fourth-order valence-corrected chi connectivity index (χ4v) is 3.23. The van der Waals surface area contributed by atoms with Crippen molar-refractivity contribution in [2.24, 2.45) is 5.92 Å². The molecule has 200 valence electrons. The molecule has 0 fully saturated rings. The number of hydrogen-bond acceptors (Lipinski definition) is 6. The van der Waals surface area contributed by atoms with Crippen molar-refractivity contribution in [3.63, 3.8) is 0 Å². The van der Waals surface area contributed by atoms with E-state index in [-0.39, 0.29) is 18.2 Å². The van der Waals surface area contributed by atoms with Crippen LogP contribution in [0.4, 0.5) is 49.1 Å². The predicted molar refractivity (Wildman–Crippen MR) is 117 cm³/mol. The van der Waals surface area contributed by atoms with E-state index < -0.39 is 68.6 Å². The Kier molecular flexibility index (Phi) is 8.46. The van der Waals surface area contributed by atoms with Crippen LogP contribution < -0.4 is 10.2 Å². The highest BCUT2D eigenvalue weighted by atomic mass is 19.4. The number of carbonyl (C=O) groups is 2. The van der Waals surface area contributed by atoms with Gasteiger partial charge in [0.25, 0.3) is 11.4 Å². The van der Waals surface area contributed by atoms with Crippen molar-refractivity contribution in [2.75, 3.05) is 16.8 Å². The minimum absolute atomic E-state index is 0.197. The number of rotatable bonds is 8. The van der Waals surface area contributed by atoms with Crippen LogP contribution in [-0.2, 0) is 21.9 Å². The third kappa shape index (κ3) is 7.37. The molecule has 0 aliphatic heterocycles. The highest BCUT2D eigenvalue weighted by Crippen LogP contribution is 2.39. The highest BCUT2D eigenvalue weighted by molar-refractivity contribution is 6.09. The van der Waals surface area contributed by atoms with Gasteiger partial charge in [-0.15, -0.1) is 0 Å². The number of alkyl halides is 6. The molecule has 2 aromatic carbocycles. The average molecular weight is 536 g/mol. The Morgan fingerprint density at radius 3 is 1.84 bits per heavy atom. The SMILES string of the molecule is CC(C)CN(C(=O)CC(=O)Nc1ccc([N+](=O)[O-])c(C(F)(F)F)c1)c1ccc([N+](=O)[O-])c(C(F)(F)F)c1. The number of nitro benzene ring substituents is 2. The van der Waals surface area contributed by atoms with Crippen molar-refractivity contribution in [1.82, 2.24) is 0 Å². The molecule has 0 saturated carbocycles. The Balaban J connectivity index is 2.35. The molecule has 0 bridgehead atoms. The Bertz CT molecular complexity index is 1230. The van der Waals surface area contributed by atoms with Crippen LogP contribution in [0.2, 0.25) is 0 Å². The summed E-state index contributed by atoms with van der Waals surface area (Å²) in [6.45, 7) is 3.01. The Morgan fingerprint density at radius 1 is 0.892 bits per heavy atom. The summed E-state index contributed by atoms with van der Waals surface area (Å²) in [6, 6.07) is 3.49. The van der Waals surface area contributed by atoms with E-state index >= 15 is 0 Å². The molecule has 0 saturated heterocycles. The first-order valence-electron chi connectivity index (χ1n) is 10.2. The molecule has 0 aromatic heterocycles. The summed E-state index contributed by atoms with van der Waals surface area (Å²) in [7, 11) is 0. The number of hydrogen-bond donors (Lipinski definition) is 1. The molecule has 0 spiro atoms. The lowest BCUT2D eigenvalue weighted by Gasteiger charge is -2.25. The summed E-state index contributed by atoms with van der Waals surface area (Å²) in [5.41, 5.74) is -6.67. The monoisotopic (exact) mass is 536 g/mol. The first-order valence-corrected chi connectivity index (χ1v) is 10.2. The molecular weight excluding hydrogens is 518 g/mol. The van der Waals surface area contributed by atoms with Crippen molar-refractivity contribution in [1.29, 1.82) is 0 Å². The van der Waals surface area contributed by atoms with Gasteiger partial charge in [0.15, 0.2) is 0 Å². The fraction of sp³-hybridized carbons (Fsp3) is 0.333. The highest BCUT2D eigenvalue weighted by Gasteiger charge is 2.40. The predicted octanol–water partition coefficient (Wildman–Crippen LogP) is 5.56. The second-order valence-corrected chi connectivity index (χ2v) is 8.07. The molecule has 10 nitrogen and oxygen atoms in total. The molecule has 0 aliphatic rings. The van der Waals surface area contributed by atoms with Crippen LogP contribution in [0, 0.1) is 26.1 Å². The number of amides is 2. The molecule has 1 N–H and O–H groups in total. The Morgan fingerprint density at radius 2 is 1.38 bits per heavy atom. The van der Waals surface area contributed by atoms with E-state index in [9.17, 15) is 56.2 Å². The molecule has 0 unspecified atom stereocenters. The Hall–Kier alpha value is -4.24. The fourth-order valence-electron chi connectivity index (χ4n) is 3.23. The van der Waals surface area contributed by atoms with Crippen LogP contribution in [0.1, 0.15) is 31.4 Å². The van der Waals surface area contributed by atoms with Crippen molar-refractivity contribution in [2.45, 2.75) is 32.6 Å². The molecule has 0 aliphatic carbocycles. The number of halogens is 6. The van der Waals surface area contributed by atoms with E-state index in [1.165, 1.54) is 0 Å². The van der Waals surface area contributed by atoms with Gasteiger partial charge >= 0.3 is 12.4 Å². The number of nitrogens with zero attached hydrogens (tertiary/aromatic N) is 3. The molecule has 2 aromatic rings. The van der Waals surface area contributed by atoms with Crippen LogP contribution in [0.5, 0.6) is 0 Å². The average Bonchev–Trinajstić information content (AvgIpc) is 2.75. The number of benzene rings is 2.